The molecule has 0 fully saturated rings. The molecule has 2 nitrogen and oxygen atoms in total. The highest BCUT2D eigenvalue weighted by Crippen LogP contribution is 2.37. The highest BCUT2D eigenvalue weighted by atomic mass is 28.4. The summed E-state index contributed by atoms with van der Waals surface area (Å²) in [6.07, 6.45) is 0. The zero-order valence-corrected chi connectivity index (χ0v) is 12.9. The molecule has 0 N–H and O–H groups in total. The number of carbonyl (C=O) groups is 1. The Labute approximate surface area is 109 Å². The lowest BCUT2D eigenvalue weighted by atomic mass is 10.1. The Balaban J connectivity index is 3.01. The highest BCUT2D eigenvalue weighted by molar-refractivity contribution is 6.74. The normalized spacial score (nSPS) is 12.4. The SMILES string of the molecule is CC(=O)c1ccc(O[Si](C)(C)C(C)(C)C)cc1F. The third-order valence-electron chi connectivity index (χ3n) is 3.50. The maximum absolute atomic E-state index is 13.7. The van der Waals surface area contributed by atoms with E-state index in [0.717, 1.165) is 0 Å². The quantitative estimate of drug-likeness (QED) is 0.599. The number of carbonyl (C=O) groups excluding carboxylic acids is 1. The molecule has 0 saturated heterocycles. The number of halogens is 1. The molecule has 18 heavy (non-hydrogen) atoms. The molecule has 0 atom stereocenters. The maximum Gasteiger partial charge on any atom is 0.250 e. The molecule has 0 spiro atoms. The lowest BCUT2D eigenvalue weighted by molar-refractivity contribution is 0.101. The van der Waals surface area contributed by atoms with E-state index in [0.29, 0.717) is 5.75 Å². The first-order valence-corrected chi connectivity index (χ1v) is 8.95. The summed E-state index contributed by atoms with van der Waals surface area (Å²) in [7, 11) is -1.96. The fraction of sp³-hybridized carbons (Fsp3) is 0.500. The molecule has 0 aliphatic heterocycles. The van der Waals surface area contributed by atoms with Crippen molar-refractivity contribution in [3.63, 3.8) is 0 Å². The lowest BCUT2D eigenvalue weighted by Crippen LogP contribution is -2.43. The Morgan fingerprint density at radius 2 is 1.83 bits per heavy atom. The van der Waals surface area contributed by atoms with Crippen molar-refractivity contribution in [2.75, 3.05) is 0 Å². The molecular weight excluding hydrogens is 247 g/mol. The van der Waals surface area contributed by atoms with Crippen LogP contribution < -0.4 is 4.43 Å². The zero-order valence-electron chi connectivity index (χ0n) is 11.9. The second kappa shape index (κ2) is 4.84. The molecule has 1 aromatic rings. The van der Waals surface area contributed by atoms with E-state index < -0.39 is 14.1 Å². The van der Waals surface area contributed by atoms with Crippen molar-refractivity contribution in [3.8, 4) is 5.75 Å². The van der Waals surface area contributed by atoms with Gasteiger partial charge in [0.25, 0.3) is 0 Å². The molecule has 4 heteroatoms. The average molecular weight is 268 g/mol. The summed E-state index contributed by atoms with van der Waals surface area (Å²) in [5.41, 5.74) is 0.109. The molecule has 1 rings (SSSR count). The van der Waals surface area contributed by atoms with Gasteiger partial charge in [0.15, 0.2) is 5.78 Å². The van der Waals surface area contributed by atoms with Crippen molar-refractivity contribution in [1.82, 2.24) is 0 Å². The second-order valence-electron chi connectivity index (χ2n) is 6.06. The summed E-state index contributed by atoms with van der Waals surface area (Å²) in [5.74, 6) is -0.283. The van der Waals surface area contributed by atoms with Crippen molar-refractivity contribution < 1.29 is 13.6 Å². The molecule has 0 aromatic heterocycles. The van der Waals surface area contributed by atoms with Gasteiger partial charge in [-0.1, -0.05) is 20.8 Å². The summed E-state index contributed by atoms with van der Waals surface area (Å²) < 4.78 is 19.7. The topological polar surface area (TPSA) is 26.3 Å². The summed E-state index contributed by atoms with van der Waals surface area (Å²) in [6.45, 7) is 11.9. The van der Waals surface area contributed by atoms with Crippen LogP contribution in [0.4, 0.5) is 4.39 Å². The fourth-order valence-corrected chi connectivity index (χ4v) is 2.31. The Bertz CT molecular complexity index is 461. The van der Waals surface area contributed by atoms with E-state index in [-0.39, 0.29) is 16.4 Å². The van der Waals surface area contributed by atoms with Crippen LogP contribution in [0.1, 0.15) is 38.1 Å². The summed E-state index contributed by atoms with van der Waals surface area (Å²) in [4.78, 5) is 11.1. The van der Waals surface area contributed by atoms with Gasteiger partial charge in [-0.15, -0.1) is 0 Å². The van der Waals surface area contributed by atoms with E-state index >= 15 is 0 Å². The van der Waals surface area contributed by atoms with Gasteiger partial charge in [-0.2, -0.15) is 0 Å². The van der Waals surface area contributed by atoms with E-state index in [1.165, 1.54) is 19.1 Å². The molecule has 0 heterocycles. The van der Waals surface area contributed by atoms with E-state index in [1.54, 1.807) is 6.07 Å². The van der Waals surface area contributed by atoms with Gasteiger partial charge in [0, 0.05) is 6.07 Å². The van der Waals surface area contributed by atoms with Crippen molar-refractivity contribution in [1.29, 1.82) is 0 Å². The fourth-order valence-electron chi connectivity index (χ4n) is 1.29. The van der Waals surface area contributed by atoms with Gasteiger partial charge in [0.2, 0.25) is 8.32 Å². The number of hydrogen-bond donors (Lipinski definition) is 0. The van der Waals surface area contributed by atoms with Crippen molar-refractivity contribution in [2.24, 2.45) is 0 Å². The Morgan fingerprint density at radius 3 is 2.22 bits per heavy atom. The molecule has 0 saturated carbocycles. The van der Waals surface area contributed by atoms with Crippen LogP contribution in [0.5, 0.6) is 5.75 Å². The summed E-state index contributed by atoms with van der Waals surface area (Å²) in [6, 6.07) is 4.46. The van der Waals surface area contributed by atoms with Crippen molar-refractivity contribution >= 4 is 14.1 Å². The van der Waals surface area contributed by atoms with Crippen LogP contribution in [0.15, 0.2) is 18.2 Å². The van der Waals surface area contributed by atoms with E-state index in [9.17, 15) is 9.18 Å². The molecule has 0 amide bonds. The minimum Gasteiger partial charge on any atom is -0.543 e. The maximum atomic E-state index is 13.7. The molecule has 0 aliphatic carbocycles. The second-order valence-corrected chi connectivity index (χ2v) is 10.8. The molecule has 0 bridgehead atoms. The predicted molar refractivity (Wildman–Crippen MR) is 74.2 cm³/mol. The Morgan fingerprint density at radius 1 is 1.28 bits per heavy atom. The third kappa shape index (κ3) is 3.19. The molecule has 0 aliphatic rings. The van der Waals surface area contributed by atoms with Crippen LogP contribution in [0, 0.1) is 5.82 Å². The van der Waals surface area contributed by atoms with Crippen molar-refractivity contribution in [3.05, 3.63) is 29.6 Å². The van der Waals surface area contributed by atoms with Crippen LogP contribution in [0.3, 0.4) is 0 Å². The minimum atomic E-state index is -1.96. The molecule has 0 unspecified atom stereocenters. The minimum absolute atomic E-state index is 0.0583. The van der Waals surface area contributed by atoms with Crippen LogP contribution >= 0.6 is 0 Å². The van der Waals surface area contributed by atoms with Gasteiger partial charge in [-0.25, -0.2) is 4.39 Å². The number of ketones is 1. The zero-order chi connectivity index (χ0) is 14.1. The van der Waals surface area contributed by atoms with Gasteiger partial charge in [0.1, 0.15) is 11.6 Å². The van der Waals surface area contributed by atoms with Crippen LogP contribution in [0.25, 0.3) is 0 Å². The van der Waals surface area contributed by atoms with Crippen LogP contribution in [-0.2, 0) is 0 Å². The third-order valence-corrected chi connectivity index (χ3v) is 7.86. The van der Waals surface area contributed by atoms with Crippen LogP contribution in [0.2, 0.25) is 18.1 Å². The van der Waals surface area contributed by atoms with Gasteiger partial charge < -0.3 is 4.43 Å². The Kier molecular flexibility index (Phi) is 4.01. The number of hydrogen-bond acceptors (Lipinski definition) is 2. The monoisotopic (exact) mass is 268 g/mol. The first-order chi connectivity index (χ1) is 8.04. The molecular formula is C14H21FO2Si. The van der Waals surface area contributed by atoms with Gasteiger partial charge in [-0.05, 0) is 37.2 Å². The largest absolute Gasteiger partial charge is 0.543 e. The lowest BCUT2D eigenvalue weighted by Gasteiger charge is -2.36. The van der Waals surface area contributed by atoms with Gasteiger partial charge in [0.05, 0.1) is 5.56 Å². The molecule has 100 valence electrons. The standard InChI is InChI=1S/C14H21FO2Si/c1-10(16)12-8-7-11(9-13(12)15)17-18(5,6)14(2,3)4/h7-9H,1-6H3. The van der Waals surface area contributed by atoms with E-state index in [1.807, 2.05) is 0 Å². The van der Waals surface area contributed by atoms with Gasteiger partial charge >= 0.3 is 0 Å². The molecule has 1 aromatic carbocycles. The average Bonchev–Trinajstić information content (AvgIpc) is 2.14. The highest BCUT2D eigenvalue weighted by Gasteiger charge is 2.39. The summed E-state index contributed by atoms with van der Waals surface area (Å²) in [5, 5.41) is 0.0583. The smallest absolute Gasteiger partial charge is 0.250 e. The van der Waals surface area contributed by atoms with E-state index in [2.05, 4.69) is 33.9 Å². The first-order valence-electron chi connectivity index (χ1n) is 6.04. The van der Waals surface area contributed by atoms with E-state index in [4.69, 9.17) is 4.43 Å². The molecule has 0 radical (unpaired) electrons. The first kappa shape index (κ1) is 14.9. The number of rotatable bonds is 3. The van der Waals surface area contributed by atoms with Crippen LogP contribution in [-0.4, -0.2) is 14.1 Å². The summed E-state index contributed by atoms with van der Waals surface area (Å²) >= 11 is 0. The van der Waals surface area contributed by atoms with Crippen molar-refractivity contribution in [2.45, 2.75) is 45.8 Å². The predicted octanol–water partition coefficient (Wildman–Crippen LogP) is 4.41. The van der Waals surface area contributed by atoms with Gasteiger partial charge in [-0.3, -0.25) is 4.79 Å². The number of Topliss-reactive ketones (excluding diaryl/α,β-unsaturated/α-hetero) is 1. The Hall–Kier alpha value is -1.16. The number of benzene rings is 1.